The molecule has 0 unspecified atom stereocenters. The van der Waals surface area contributed by atoms with Gasteiger partial charge in [-0.2, -0.15) is 0 Å². The molecule has 0 aliphatic heterocycles. The number of hydrogen-bond acceptors (Lipinski definition) is 6. The number of ether oxygens (including phenoxy) is 2. The van der Waals surface area contributed by atoms with Crippen molar-refractivity contribution in [2.45, 2.75) is 40.0 Å². The van der Waals surface area contributed by atoms with Crippen LogP contribution >= 0.6 is 0 Å². The van der Waals surface area contributed by atoms with E-state index in [1.807, 2.05) is 0 Å². The smallest absolute Gasteiger partial charge is 0.333 e. The maximum atomic E-state index is 11.1. The minimum Gasteiger partial charge on any atom is -0.414 e. The van der Waals surface area contributed by atoms with Crippen LogP contribution in [0.3, 0.4) is 0 Å². The van der Waals surface area contributed by atoms with Crippen molar-refractivity contribution in [2.24, 2.45) is 0 Å². The van der Waals surface area contributed by atoms with E-state index in [9.17, 15) is 19.2 Å². The third kappa shape index (κ3) is 8.12. The lowest BCUT2D eigenvalue weighted by Crippen LogP contribution is -2.19. The number of carbonyl (C=O) groups excluding carboxylic acids is 4. The molecule has 0 spiro atoms. The first kappa shape index (κ1) is 15.3. The van der Waals surface area contributed by atoms with Gasteiger partial charge in [0, 0.05) is 6.42 Å². The van der Waals surface area contributed by atoms with Gasteiger partial charge in [0.05, 0.1) is 0 Å². The number of rotatable bonds is 7. The van der Waals surface area contributed by atoms with Crippen molar-refractivity contribution in [1.29, 1.82) is 0 Å². The largest absolute Gasteiger partial charge is 0.414 e. The lowest BCUT2D eigenvalue weighted by Gasteiger charge is -2.13. The van der Waals surface area contributed by atoms with Crippen LogP contribution in [0.2, 0.25) is 0 Å². The maximum Gasteiger partial charge on any atom is 0.333 e. The number of esters is 2. The molecular weight excluding hydrogens is 228 g/mol. The molecule has 0 amide bonds. The molecule has 0 fully saturated rings. The Morgan fingerprint density at radius 1 is 0.824 bits per heavy atom. The van der Waals surface area contributed by atoms with Gasteiger partial charge in [-0.15, -0.1) is 0 Å². The van der Waals surface area contributed by atoms with Crippen molar-refractivity contribution < 1.29 is 28.7 Å². The summed E-state index contributed by atoms with van der Waals surface area (Å²) in [6.45, 7) is 4.10. The summed E-state index contributed by atoms with van der Waals surface area (Å²) in [6, 6.07) is 0. The fourth-order valence-electron chi connectivity index (χ4n) is 0.898. The standard InChI is InChI=1S/C11H15O6/c1-4-11(16-9(14)5-7(2)12)17-10(15)6-8(3)13/h4-6H2,1-3H3. The molecule has 17 heavy (non-hydrogen) atoms. The van der Waals surface area contributed by atoms with Crippen LogP contribution in [0.4, 0.5) is 0 Å². The van der Waals surface area contributed by atoms with Gasteiger partial charge in [-0.3, -0.25) is 19.2 Å². The van der Waals surface area contributed by atoms with E-state index in [-0.39, 0.29) is 37.1 Å². The quantitative estimate of drug-likeness (QED) is 0.488. The summed E-state index contributed by atoms with van der Waals surface area (Å²) < 4.78 is 9.33. The van der Waals surface area contributed by atoms with Crippen molar-refractivity contribution in [2.75, 3.05) is 0 Å². The fraction of sp³-hybridized carbons (Fsp3) is 0.545. The zero-order valence-corrected chi connectivity index (χ0v) is 10.1. The van der Waals surface area contributed by atoms with Crippen LogP contribution < -0.4 is 0 Å². The Morgan fingerprint density at radius 2 is 1.18 bits per heavy atom. The third-order valence-electron chi connectivity index (χ3n) is 1.53. The molecule has 0 aliphatic rings. The van der Waals surface area contributed by atoms with E-state index in [4.69, 9.17) is 0 Å². The molecule has 0 saturated carbocycles. The summed E-state index contributed by atoms with van der Waals surface area (Å²) in [7, 11) is 0. The zero-order valence-electron chi connectivity index (χ0n) is 10.1. The van der Waals surface area contributed by atoms with E-state index in [1.165, 1.54) is 13.8 Å². The Labute approximate surface area is 99.3 Å². The molecule has 0 saturated heterocycles. The predicted molar refractivity (Wildman–Crippen MR) is 56.3 cm³/mol. The molecule has 0 rings (SSSR count). The van der Waals surface area contributed by atoms with Crippen molar-refractivity contribution in [3.8, 4) is 0 Å². The van der Waals surface area contributed by atoms with E-state index < -0.39 is 11.9 Å². The van der Waals surface area contributed by atoms with E-state index in [1.54, 1.807) is 6.92 Å². The number of carbonyl (C=O) groups is 4. The molecular formula is C11H15O6. The summed E-state index contributed by atoms with van der Waals surface area (Å²) in [5.74, 6) is -2.27. The van der Waals surface area contributed by atoms with E-state index >= 15 is 0 Å². The Kier molecular flexibility index (Phi) is 6.77. The molecule has 0 aliphatic carbocycles. The van der Waals surface area contributed by atoms with Gasteiger partial charge in [-0.05, 0) is 13.8 Å². The van der Waals surface area contributed by atoms with Gasteiger partial charge >= 0.3 is 18.2 Å². The molecule has 0 aromatic carbocycles. The van der Waals surface area contributed by atoms with Gasteiger partial charge in [-0.25, -0.2) is 0 Å². The summed E-state index contributed by atoms with van der Waals surface area (Å²) in [5.41, 5.74) is 0. The summed E-state index contributed by atoms with van der Waals surface area (Å²) in [5, 5.41) is 0. The molecule has 0 N–H and O–H groups in total. The molecule has 0 atom stereocenters. The zero-order chi connectivity index (χ0) is 13.4. The Hall–Kier alpha value is -1.72. The maximum absolute atomic E-state index is 11.1. The highest BCUT2D eigenvalue weighted by Crippen LogP contribution is 2.12. The highest BCUT2D eigenvalue weighted by atomic mass is 16.7. The average Bonchev–Trinajstić information content (AvgIpc) is 2.13. The van der Waals surface area contributed by atoms with Crippen LogP contribution in [0.5, 0.6) is 0 Å². The van der Waals surface area contributed by atoms with E-state index in [2.05, 4.69) is 9.47 Å². The first-order valence-electron chi connectivity index (χ1n) is 5.11. The lowest BCUT2D eigenvalue weighted by molar-refractivity contribution is -0.165. The van der Waals surface area contributed by atoms with Crippen LogP contribution in [0.25, 0.3) is 0 Å². The van der Waals surface area contributed by atoms with Crippen LogP contribution in [0.15, 0.2) is 0 Å². The molecule has 0 aromatic rings. The van der Waals surface area contributed by atoms with Crippen LogP contribution in [0, 0.1) is 6.29 Å². The van der Waals surface area contributed by atoms with Crippen LogP contribution in [0.1, 0.15) is 40.0 Å². The Bertz CT molecular complexity index is 290. The number of ketones is 2. The van der Waals surface area contributed by atoms with E-state index in [0.717, 1.165) is 0 Å². The Morgan fingerprint density at radius 3 is 1.41 bits per heavy atom. The summed E-state index contributed by atoms with van der Waals surface area (Å²) in [4.78, 5) is 43.5. The van der Waals surface area contributed by atoms with Gasteiger partial charge in [0.2, 0.25) is 0 Å². The molecule has 0 heterocycles. The second kappa shape index (κ2) is 7.54. The van der Waals surface area contributed by atoms with Gasteiger partial charge in [0.1, 0.15) is 24.4 Å². The molecule has 1 radical (unpaired) electrons. The molecule has 0 aromatic heterocycles. The summed E-state index contributed by atoms with van der Waals surface area (Å²) >= 11 is 0. The second-order valence-electron chi connectivity index (χ2n) is 3.43. The van der Waals surface area contributed by atoms with Crippen molar-refractivity contribution in [1.82, 2.24) is 0 Å². The van der Waals surface area contributed by atoms with Crippen LogP contribution in [-0.4, -0.2) is 23.5 Å². The van der Waals surface area contributed by atoms with Gasteiger partial charge in [0.15, 0.2) is 0 Å². The third-order valence-corrected chi connectivity index (χ3v) is 1.53. The first-order chi connectivity index (χ1) is 7.85. The van der Waals surface area contributed by atoms with Crippen molar-refractivity contribution in [3.05, 3.63) is 6.29 Å². The summed E-state index contributed by atoms with van der Waals surface area (Å²) in [6.07, 6.45) is -0.795. The molecule has 0 bridgehead atoms. The highest BCUT2D eigenvalue weighted by molar-refractivity contribution is 5.95. The minimum atomic E-state index is -0.787. The average molecular weight is 243 g/mol. The first-order valence-corrected chi connectivity index (χ1v) is 5.11. The van der Waals surface area contributed by atoms with E-state index in [0.29, 0.717) is 0 Å². The van der Waals surface area contributed by atoms with Crippen LogP contribution in [-0.2, 0) is 28.7 Å². The second-order valence-corrected chi connectivity index (χ2v) is 3.43. The lowest BCUT2D eigenvalue weighted by atomic mass is 10.3. The highest BCUT2D eigenvalue weighted by Gasteiger charge is 2.21. The fourth-order valence-corrected chi connectivity index (χ4v) is 0.898. The van der Waals surface area contributed by atoms with Gasteiger partial charge < -0.3 is 9.47 Å². The SMILES string of the molecule is CC[C](OC(=O)CC(C)=O)OC(=O)CC(C)=O. The van der Waals surface area contributed by atoms with Crippen molar-refractivity contribution >= 4 is 23.5 Å². The normalized spacial score (nSPS) is 9.88. The monoisotopic (exact) mass is 243 g/mol. The van der Waals surface area contributed by atoms with Gasteiger partial charge in [-0.1, -0.05) is 6.92 Å². The number of hydrogen-bond donors (Lipinski definition) is 0. The minimum absolute atomic E-state index is 0.174. The Balaban J connectivity index is 4.15. The number of Topliss-reactive ketones (excluding diaryl/α,β-unsaturated/α-hetero) is 2. The van der Waals surface area contributed by atoms with Crippen molar-refractivity contribution in [3.63, 3.8) is 0 Å². The molecule has 6 heteroatoms. The molecule has 6 nitrogen and oxygen atoms in total. The topological polar surface area (TPSA) is 86.7 Å². The van der Waals surface area contributed by atoms with Gasteiger partial charge in [0.25, 0.3) is 0 Å². The predicted octanol–water partition coefficient (Wildman–Crippen LogP) is 0.930. The molecule has 95 valence electrons.